The Kier molecular flexibility index (Phi) is 4.96. The topological polar surface area (TPSA) is 23.6 Å². The lowest BCUT2D eigenvalue weighted by Crippen LogP contribution is -2.58. The van der Waals surface area contributed by atoms with Crippen molar-refractivity contribution >= 4 is 29.3 Å². The van der Waals surface area contributed by atoms with E-state index < -0.39 is 5.54 Å². The fourth-order valence-corrected chi connectivity index (χ4v) is 4.17. The summed E-state index contributed by atoms with van der Waals surface area (Å²) in [6.07, 6.45) is 10.9. The number of carbonyl (C=O) groups is 1. The first-order valence-corrected chi connectivity index (χ1v) is 7.54. The number of hydrogen-bond donors (Lipinski definition) is 0. The van der Waals surface area contributed by atoms with Gasteiger partial charge in [-0.2, -0.15) is 0 Å². The van der Waals surface area contributed by atoms with Gasteiger partial charge in [0.2, 0.25) is 5.24 Å². The number of rotatable bonds is 2. The molecule has 0 aromatic rings. The summed E-state index contributed by atoms with van der Waals surface area (Å²) in [5, 5.41) is -0.212. The third-order valence-corrected chi connectivity index (χ3v) is 5.15. The Balaban J connectivity index is 0.00000147. The van der Waals surface area contributed by atoms with Gasteiger partial charge in [-0.3, -0.25) is 14.6 Å². The number of hydrogen-bond acceptors (Lipinski definition) is 3. The van der Waals surface area contributed by atoms with Crippen LogP contribution in [0.4, 0.5) is 0 Å². The number of carbonyl (C=O) groups excluding carboxylic acids is 1. The van der Waals surface area contributed by atoms with E-state index in [1.165, 1.54) is 18.4 Å². The SMILES string of the molecule is CN1CCN(C2(C(=O)Cl)C=CC=C3CCCCC32)C1.Cl. The van der Waals surface area contributed by atoms with Crippen molar-refractivity contribution in [3.63, 3.8) is 0 Å². The van der Waals surface area contributed by atoms with Crippen molar-refractivity contribution in [2.75, 3.05) is 26.8 Å². The lowest BCUT2D eigenvalue weighted by atomic mass is 9.69. The van der Waals surface area contributed by atoms with Gasteiger partial charge >= 0.3 is 0 Å². The van der Waals surface area contributed by atoms with Gasteiger partial charge in [0.15, 0.2) is 0 Å². The van der Waals surface area contributed by atoms with E-state index in [-0.39, 0.29) is 23.6 Å². The van der Waals surface area contributed by atoms with Gasteiger partial charge in [-0.1, -0.05) is 30.2 Å². The van der Waals surface area contributed by atoms with E-state index in [1.807, 2.05) is 12.2 Å². The molecule has 20 heavy (non-hydrogen) atoms. The van der Waals surface area contributed by atoms with Crippen molar-refractivity contribution in [1.82, 2.24) is 9.80 Å². The van der Waals surface area contributed by atoms with Gasteiger partial charge < -0.3 is 0 Å². The summed E-state index contributed by atoms with van der Waals surface area (Å²) >= 11 is 6.08. The molecule has 2 atom stereocenters. The average Bonchev–Trinajstić information content (AvgIpc) is 2.84. The van der Waals surface area contributed by atoms with Crippen LogP contribution in [0.1, 0.15) is 25.7 Å². The van der Waals surface area contributed by atoms with E-state index >= 15 is 0 Å². The van der Waals surface area contributed by atoms with E-state index in [4.69, 9.17) is 11.6 Å². The van der Waals surface area contributed by atoms with Crippen LogP contribution in [0.15, 0.2) is 23.8 Å². The Hall–Kier alpha value is -0.350. The Morgan fingerprint density at radius 1 is 1.40 bits per heavy atom. The monoisotopic (exact) mass is 316 g/mol. The van der Waals surface area contributed by atoms with Gasteiger partial charge in [-0.25, -0.2) is 0 Å². The minimum absolute atomic E-state index is 0. The molecule has 5 heteroatoms. The van der Waals surface area contributed by atoms with Crippen LogP contribution >= 0.6 is 24.0 Å². The number of likely N-dealkylation sites (N-methyl/N-ethyl adjacent to an activating group) is 1. The Bertz CT molecular complexity index is 449. The van der Waals surface area contributed by atoms with Crippen LogP contribution in [0, 0.1) is 5.92 Å². The molecule has 0 bridgehead atoms. The zero-order valence-electron chi connectivity index (χ0n) is 11.8. The first-order valence-electron chi connectivity index (χ1n) is 7.16. The molecule has 1 saturated heterocycles. The number of halogens is 2. The van der Waals surface area contributed by atoms with Crippen molar-refractivity contribution in [2.24, 2.45) is 5.92 Å². The molecular formula is C15H22Cl2N2O. The maximum atomic E-state index is 12.3. The highest BCUT2D eigenvalue weighted by Crippen LogP contribution is 2.45. The zero-order chi connectivity index (χ0) is 13.5. The molecule has 3 rings (SSSR count). The van der Waals surface area contributed by atoms with Crippen LogP contribution in [0.3, 0.4) is 0 Å². The van der Waals surface area contributed by atoms with Crippen LogP contribution in [0.5, 0.6) is 0 Å². The molecule has 2 aliphatic carbocycles. The maximum Gasteiger partial charge on any atom is 0.246 e. The molecule has 1 heterocycles. The van der Waals surface area contributed by atoms with Gasteiger partial charge in [0.05, 0.1) is 6.67 Å². The summed E-state index contributed by atoms with van der Waals surface area (Å²) < 4.78 is 0. The van der Waals surface area contributed by atoms with Crippen LogP contribution in [-0.4, -0.2) is 47.4 Å². The van der Waals surface area contributed by atoms with E-state index in [1.54, 1.807) is 0 Å². The predicted octanol–water partition coefficient (Wildman–Crippen LogP) is 2.80. The summed E-state index contributed by atoms with van der Waals surface area (Å²) in [4.78, 5) is 16.8. The molecule has 0 N–H and O–H groups in total. The number of nitrogens with zero attached hydrogens (tertiary/aromatic N) is 2. The maximum absolute atomic E-state index is 12.3. The molecule has 112 valence electrons. The fourth-order valence-electron chi connectivity index (χ4n) is 3.85. The molecule has 1 saturated carbocycles. The summed E-state index contributed by atoms with van der Waals surface area (Å²) in [6, 6.07) is 0. The summed E-state index contributed by atoms with van der Waals surface area (Å²) in [6.45, 7) is 2.75. The summed E-state index contributed by atoms with van der Waals surface area (Å²) in [7, 11) is 2.09. The van der Waals surface area contributed by atoms with Gasteiger partial charge in [-0.15, -0.1) is 12.4 Å². The lowest BCUT2D eigenvalue weighted by Gasteiger charge is -2.46. The third-order valence-electron chi connectivity index (χ3n) is 4.85. The number of allylic oxidation sites excluding steroid dienone is 2. The van der Waals surface area contributed by atoms with Crippen LogP contribution in [0.25, 0.3) is 0 Å². The van der Waals surface area contributed by atoms with Gasteiger partial charge in [0.1, 0.15) is 5.54 Å². The van der Waals surface area contributed by atoms with Crippen LogP contribution < -0.4 is 0 Å². The van der Waals surface area contributed by atoms with Crippen molar-refractivity contribution in [2.45, 2.75) is 31.2 Å². The molecule has 0 aromatic heterocycles. The minimum Gasteiger partial charge on any atom is -0.292 e. The lowest BCUT2D eigenvalue weighted by molar-refractivity contribution is -0.122. The van der Waals surface area contributed by atoms with Gasteiger partial charge in [0, 0.05) is 19.0 Å². The van der Waals surface area contributed by atoms with Crippen molar-refractivity contribution in [3.05, 3.63) is 23.8 Å². The molecule has 2 fully saturated rings. The zero-order valence-corrected chi connectivity index (χ0v) is 13.4. The highest BCUT2D eigenvalue weighted by Gasteiger charge is 2.51. The molecule has 3 aliphatic rings. The smallest absolute Gasteiger partial charge is 0.246 e. The minimum atomic E-state index is -0.600. The molecule has 3 nitrogen and oxygen atoms in total. The highest BCUT2D eigenvalue weighted by molar-refractivity contribution is 6.66. The molecular weight excluding hydrogens is 295 g/mol. The molecule has 2 unspecified atom stereocenters. The largest absolute Gasteiger partial charge is 0.292 e. The van der Waals surface area contributed by atoms with E-state index in [9.17, 15) is 4.79 Å². The van der Waals surface area contributed by atoms with Gasteiger partial charge in [-0.05, 0) is 37.9 Å². The Labute approximate surface area is 132 Å². The van der Waals surface area contributed by atoms with E-state index in [2.05, 4.69) is 22.9 Å². The van der Waals surface area contributed by atoms with Crippen LogP contribution in [0.2, 0.25) is 0 Å². The standard InChI is InChI=1S/C15H21ClN2O.ClH/c1-17-9-10-18(11-17)15(14(16)19)8-4-6-12-5-2-3-7-13(12)15;/h4,6,8,13H,2-3,5,7,9-11H2,1H3;1H. The highest BCUT2D eigenvalue weighted by atomic mass is 35.5. The molecule has 0 aromatic carbocycles. The predicted molar refractivity (Wildman–Crippen MR) is 84.2 cm³/mol. The molecule has 0 radical (unpaired) electrons. The Morgan fingerprint density at radius 3 is 2.85 bits per heavy atom. The van der Waals surface area contributed by atoms with Gasteiger partial charge in [0.25, 0.3) is 0 Å². The first kappa shape index (κ1) is 16.0. The normalized spacial score (nSPS) is 34.3. The summed E-state index contributed by atoms with van der Waals surface area (Å²) in [5.74, 6) is 0.280. The second-order valence-corrected chi connectivity index (χ2v) is 6.33. The van der Waals surface area contributed by atoms with Crippen LogP contribution in [-0.2, 0) is 4.79 Å². The fraction of sp³-hybridized carbons (Fsp3) is 0.667. The second kappa shape index (κ2) is 6.18. The molecule has 0 spiro atoms. The average molecular weight is 317 g/mol. The first-order chi connectivity index (χ1) is 9.14. The molecule has 1 aliphatic heterocycles. The third kappa shape index (κ3) is 2.45. The van der Waals surface area contributed by atoms with E-state index in [0.29, 0.717) is 0 Å². The van der Waals surface area contributed by atoms with Crippen molar-refractivity contribution < 1.29 is 4.79 Å². The Morgan fingerprint density at radius 2 is 2.20 bits per heavy atom. The summed E-state index contributed by atoms with van der Waals surface area (Å²) in [5.41, 5.74) is 0.814. The van der Waals surface area contributed by atoms with Crippen molar-refractivity contribution in [1.29, 1.82) is 0 Å². The van der Waals surface area contributed by atoms with Crippen molar-refractivity contribution in [3.8, 4) is 0 Å². The van der Waals surface area contributed by atoms with E-state index in [0.717, 1.165) is 32.6 Å². The second-order valence-electron chi connectivity index (χ2n) is 5.98. The quantitative estimate of drug-likeness (QED) is 0.732. The number of fused-ring (bicyclic) bond motifs is 1. The molecule has 0 amide bonds.